The van der Waals surface area contributed by atoms with Crippen LogP contribution < -0.4 is 10.5 Å². The van der Waals surface area contributed by atoms with Crippen molar-refractivity contribution in [2.24, 2.45) is 0 Å². The number of hydrogen-bond donors (Lipinski definition) is 2. The second-order valence-electron chi connectivity index (χ2n) is 6.65. The molecule has 1 unspecified atom stereocenters. The van der Waals surface area contributed by atoms with Gasteiger partial charge in [0.25, 0.3) is 5.56 Å². The molecule has 2 aromatic heterocycles. The Bertz CT molecular complexity index is 1090. The van der Waals surface area contributed by atoms with Gasteiger partial charge in [0.2, 0.25) is 0 Å². The van der Waals surface area contributed by atoms with Crippen molar-refractivity contribution in [3.05, 3.63) is 88.5 Å². The summed E-state index contributed by atoms with van der Waals surface area (Å²) in [5.74, 6) is 0.752. The minimum Gasteiger partial charge on any atom is -0.325 e. The van der Waals surface area contributed by atoms with Crippen LogP contribution in [0.2, 0.25) is 0 Å². The molecule has 2 aromatic carbocycles. The molecule has 0 amide bonds. The Morgan fingerprint density at radius 1 is 1.00 bits per heavy atom. The van der Waals surface area contributed by atoms with Crippen LogP contribution in [0.25, 0.3) is 20.7 Å². The van der Waals surface area contributed by atoms with E-state index in [9.17, 15) is 4.79 Å². The number of fused-ring (bicyclic) bond motifs is 1. The second kappa shape index (κ2) is 7.86. The molecule has 0 radical (unpaired) electrons. The fraction of sp³-hybridized carbons (Fsp3) is 0.182. The fourth-order valence-corrected chi connectivity index (χ4v) is 4.29. The first kappa shape index (κ1) is 17.6. The number of rotatable bonds is 6. The maximum absolute atomic E-state index is 12.6. The zero-order chi connectivity index (χ0) is 18.6. The molecule has 2 heterocycles. The number of nitrogens with one attached hydrogen (secondary N) is 2. The van der Waals surface area contributed by atoms with E-state index >= 15 is 0 Å². The van der Waals surface area contributed by atoms with Crippen molar-refractivity contribution in [3.8, 4) is 10.4 Å². The summed E-state index contributed by atoms with van der Waals surface area (Å²) < 4.78 is 0. The fourth-order valence-electron chi connectivity index (χ4n) is 3.24. The summed E-state index contributed by atoms with van der Waals surface area (Å²) in [5.41, 5.74) is 2.36. The molecule has 0 saturated heterocycles. The summed E-state index contributed by atoms with van der Waals surface area (Å²) in [6, 6.07) is 22.5. The van der Waals surface area contributed by atoms with Crippen molar-refractivity contribution in [2.45, 2.75) is 20.0 Å². The molecular formula is C22H22N3OS+. The van der Waals surface area contributed by atoms with Crippen LogP contribution in [0.15, 0.2) is 71.5 Å². The third-order valence-electron chi connectivity index (χ3n) is 4.72. The molecule has 1 atom stereocenters. The van der Waals surface area contributed by atoms with Crippen LogP contribution in [0, 0.1) is 0 Å². The van der Waals surface area contributed by atoms with E-state index in [1.54, 1.807) is 11.3 Å². The van der Waals surface area contributed by atoms with E-state index in [1.807, 2.05) is 30.3 Å². The average molecular weight is 377 g/mol. The number of hydrogen-bond acceptors (Lipinski definition) is 3. The molecule has 0 aliphatic carbocycles. The highest BCUT2D eigenvalue weighted by atomic mass is 32.1. The minimum atomic E-state index is -0.0522. The molecule has 0 fully saturated rings. The predicted molar refractivity (Wildman–Crippen MR) is 111 cm³/mol. The molecule has 2 N–H and O–H groups in total. The number of aromatic amines is 1. The van der Waals surface area contributed by atoms with Crippen LogP contribution >= 0.6 is 11.3 Å². The smallest absolute Gasteiger partial charge is 0.259 e. The predicted octanol–water partition coefficient (Wildman–Crippen LogP) is 3.26. The average Bonchev–Trinajstić information content (AvgIpc) is 3.14. The number of nitrogens with zero attached hydrogens (tertiary/aromatic N) is 1. The van der Waals surface area contributed by atoms with Gasteiger partial charge in [-0.05, 0) is 18.6 Å². The van der Waals surface area contributed by atoms with E-state index < -0.39 is 0 Å². The van der Waals surface area contributed by atoms with Crippen LogP contribution in [-0.4, -0.2) is 16.5 Å². The van der Waals surface area contributed by atoms with Gasteiger partial charge < -0.3 is 9.88 Å². The molecule has 0 aliphatic rings. The van der Waals surface area contributed by atoms with Crippen molar-refractivity contribution in [3.63, 3.8) is 0 Å². The Labute approximate surface area is 162 Å². The van der Waals surface area contributed by atoms with E-state index in [1.165, 1.54) is 10.5 Å². The molecule has 0 bridgehead atoms. The lowest BCUT2D eigenvalue weighted by Gasteiger charge is -2.17. The van der Waals surface area contributed by atoms with Crippen LogP contribution in [0.4, 0.5) is 0 Å². The lowest BCUT2D eigenvalue weighted by atomic mass is 10.2. The molecule has 0 spiro atoms. The molecule has 4 rings (SSSR count). The van der Waals surface area contributed by atoms with Crippen LogP contribution in [0.3, 0.4) is 0 Å². The van der Waals surface area contributed by atoms with Gasteiger partial charge in [-0.1, -0.05) is 60.7 Å². The molecule has 0 saturated carbocycles. The first-order valence-electron chi connectivity index (χ1n) is 9.18. The first-order chi connectivity index (χ1) is 13.2. The van der Waals surface area contributed by atoms with E-state index in [2.05, 4.69) is 48.3 Å². The third-order valence-corrected chi connectivity index (χ3v) is 5.80. The molecular weight excluding hydrogens is 354 g/mol. The van der Waals surface area contributed by atoms with E-state index in [-0.39, 0.29) is 5.56 Å². The summed E-state index contributed by atoms with van der Waals surface area (Å²) in [5, 5.41) is 0.670. The van der Waals surface area contributed by atoms with Crippen LogP contribution in [0.1, 0.15) is 18.3 Å². The normalized spacial score (nSPS) is 12.3. The molecule has 0 aliphatic heterocycles. The standard InChI is InChI=1S/C22H21N3OS/c1-2-25(14-16-9-5-3-6-10-16)15-20-23-21(26)18-13-19(27-22(18)24-20)17-11-7-4-8-12-17/h3-13H,2,14-15H2,1H3,(H,23,24,26)/p+1. The molecule has 27 heavy (non-hydrogen) atoms. The van der Waals surface area contributed by atoms with Crippen LogP contribution in [-0.2, 0) is 13.1 Å². The SMILES string of the molecule is CC[NH+](Cc1ccccc1)Cc1nc2sc(-c3ccccc3)cc2c(=O)[nH]1. The number of H-pyrrole nitrogens is 1. The highest BCUT2D eigenvalue weighted by Crippen LogP contribution is 2.30. The number of quaternary nitrogens is 1. The van der Waals surface area contributed by atoms with Crippen LogP contribution in [0.5, 0.6) is 0 Å². The summed E-state index contributed by atoms with van der Waals surface area (Å²) in [4.78, 5) is 23.6. The van der Waals surface area contributed by atoms with Crippen molar-refractivity contribution in [1.29, 1.82) is 0 Å². The largest absolute Gasteiger partial charge is 0.325 e. The highest BCUT2D eigenvalue weighted by Gasteiger charge is 2.14. The van der Waals surface area contributed by atoms with Gasteiger partial charge in [-0.25, -0.2) is 4.98 Å². The summed E-state index contributed by atoms with van der Waals surface area (Å²) in [7, 11) is 0. The van der Waals surface area contributed by atoms with Gasteiger partial charge in [-0.3, -0.25) is 4.79 Å². The quantitative estimate of drug-likeness (QED) is 0.543. The monoisotopic (exact) mass is 376 g/mol. The van der Waals surface area contributed by atoms with Crippen molar-refractivity contribution in [2.75, 3.05) is 6.54 Å². The molecule has 5 heteroatoms. The number of thiophene rings is 1. The summed E-state index contributed by atoms with van der Waals surface area (Å²) in [6.07, 6.45) is 0. The maximum Gasteiger partial charge on any atom is 0.259 e. The van der Waals surface area contributed by atoms with Crippen molar-refractivity contribution in [1.82, 2.24) is 9.97 Å². The lowest BCUT2D eigenvalue weighted by Crippen LogP contribution is -3.09. The van der Waals surface area contributed by atoms with Gasteiger partial charge in [0.1, 0.15) is 17.9 Å². The Morgan fingerprint density at radius 2 is 1.70 bits per heavy atom. The second-order valence-corrected chi connectivity index (χ2v) is 7.68. The summed E-state index contributed by atoms with van der Waals surface area (Å²) in [6.45, 7) is 4.75. The molecule has 136 valence electrons. The van der Waals surface area contributed by atoms with Gasteiger partial charge >= 0.3 is 0 Å². The minimum absolute atomic E-state index is 0.0522. The highest BCUT2D eigenvalue weighted by molar-refractivity contribution is 7.21. The Morgan fingerprint density at radius 3 is 2.41 bits per heavy atom. The molecule has 4 nitrogen and oxygen atoms in total. The topological polar surface area (TPSA) is 50.2 Å². The number of aromatic nitrogens is 2. The molecule has 4 aromatic rings. The zero-order valence-electron chi connectivity index (χ0n) is 15.2. The Kier molecular flexibility index (Phi) is 5.14. The van der Waals surface area contributed by atoms with Gasteiger partial charge in [-0.2, -0.15) is 0 Å². The van der Waals surface area contributed by atoms with Gasteiger partial charge in [0.05, 0.1) is 11.9 Å². The Balaban J connectivity index is 1.61. The third kappa shape index (κ3) is 3.99. The summed E-state index contributed by atoms with van der Waals surface area (Å²) >= 11 is 1.58. The van der Waals surface area contributed by atoms with Crippen molar-refractivity contribution < 1.29 is 4.90 Å². The lowest BCUT2D eigenvalue weighted by molar-refractivity contribution is -0.926. The van der Waals surface area contributed by atoms with E-state index in [0.717, 1.165) is 34.2 Å². The maximum atomic E-state index is 12.6. The zero-order valence-corrected chi connectivity index (χ0v) is 16.1. The first-order valence-corrected chi connectivity index (χ1v) is 10.00. The Hall–Kier alpha value is -2.76. The number of benzene rings is 2. The van der Waals surface area contributed by atoms with E-state index in [4.69, 9.17) is 4.98 Å². The van der Waals surface area contributed by atoms with E-state index in [0.29, 0.717) is 11.9 Å². The van der Waals surface area contributed by atoms with Gasteiger partial charge in [0, 0.05) is 10.4 Å². The van der Waals surface area contributed by atoms with Crippen molar-refractivity contribution >= 4 is 21.6 Å². The van der Waals surface area contributed by atoms with Gasteiger partial charge in [0.15, 0.2) is 5.82 Å². The van der Waals surface area contributed by atoms with Gasteiger partial charge in [-0.15, -0.1) is 11.3 Å².